The number of fused-ring (bicyclic) bond motifs is 1. The second kappa shape index (κ2) is 6.92. The van der Waals surface area contributed by atoms with Gasteiger partial charge in [-0.2, -0.15) is 13.2 Å². The van der Waals surface area contributed by atoms with Crippen molar-refractivity contribution < 1.29 is 18.0 Å². The molecule has 1 aliphatic rings. The number of rotatable bonds is 3. The van der Waals surface area contributed by atoms with Crippen LogP contribution >= 0.6 is 0 Å². The average molecular weight is 388 g/mol. The molecule has 0 unspecified atom stereocenters. The topological polar surface area (TPSA) is 51.0 Å². The van der Waals surface area contributed by atoms with E-state index in [1.165, 1.54) is 6.07 Å². The van der Waals surface area contributed by atoms with Gasteiger partial charge in [-0.25, -0.2) is 9.97 Å². The number of benzene rings is 1. The summed E-state index contributed by atoms with van der Waals surface area (Å²) in [5, 5.41) is 0. The van der Waals surface area contributed by atoms with E-state index in [9.17, 15) is 18.0 Å². The van der Waals surface area contributed by atoms with Gasteiger partial charge in [0.2, 0.25) is 5.91 Å². The number of nitrogens with zero attached hydrogens (tertiary/aromatic N) is 4. The Morgan fingerprint density at radius 2 is 2.07 bits per heavy atom. The van der Waals surface area contributed by atoms with Gasteiger partial charge in [0.25, 0.3) is 0 Å². The van der Waals surface area contributed by atoms with E-state index in [1.54, 1.807) is 17.2 Å². The summed E-state index contributed by atoms with van der Waals surface area (Å²) in [4.78, 5) is 23.3. The van der Waals surface area contributed by atoms with Crippen LogP contribution in [-0.2, 0) is 24.4 Å². The summed E-state index contributed by atoms with van der Waals surface area (Å²) in [6, 6.07) is 8.68. The number of aryl methyl sites for hydroxylation is 1. The summed E-state index contributed by atoms with van der Waals surface area (Å²) in [5.41, 5.74) is 1.25. The fourth-order valence-corrected chi connectivity index (χ4v) is 3.75. The maximum absolute atomic E-state index is 12.9. The van der Waals surface area contributed by atoms with Crippen molar-refractivity contribution in [3.05, 3.63) is 59.5 Å². The minimum Gasteiger partial charge on any atom is -0.342 e. The van der Waals surface area contributed by atoms with Crippen LogP contribution in [0.2, 0.25) is 0 Å². The first-order chi connectivity index (χ1) is 13.3. The minimum absolute atomic E-state index is 0.0409. The molecule has 1 aromatic carbocycles. The number of alkyl halides is 3. The van der Waals surface area contributed by atoms with Crippen LogP contribution in [0.4, 0.5) is 13.2 Å². The number of halogens is 3. The molecule has 3 heterocycles. The van der Waals surface area contributed by atoms with Crippen LogP contribution in [0.15, 0.2) is 42.6 Å². The molecule has 1 aliphatic heterocycles. The minimum atomic E-state index is -4.41. The highest BCUT2D eigenvalue weighted by Crippen LogP contribution is 2.31. The van der Waals surface area contributed by atoms with Crippen molar-refractivity contribution in [2.24, 2.45) is 7.05 Å². The SMILES string of the molecule is Cn1c([C@@H]2CCN(C(=O)Cc3cccc(C(F)(F)F)c3)C2)nc2cccnc21. The molecule has 5 nitrogen and oxygen atoms in total. The standard InChI is InChI=1S/C20H19F3N4O/c1-26-18(25-16-6-3-8-24-19(16)26)14-7-9-27(12-14)17(28)11-13-4-2-5-15(10-13)20(21,22)23/h2-6,8,10,14H,7,9,11-12H2,1H3/t14-/m1/s1. The van der Waals surface area contributed by atoms with Gasteiger partial charge in [-0.05, 0) is 30.2 Å². The Bertz CT molecular complexity index is 1030. The van der Waals surface area contributed by atoms with E-state index in [-0.39, 0.29) is 18.2 Å². The summed E-state index contributed by atoms with van der Waals surface area (Å²) < 4.78 is 40.5. The van der Waals surface area contributed by atoms with Crippen molar-refractivity contribution in [1.29, 1.82) is 0 Å². The number of hydrogen-bond donors (Lipinski definition) is 0. The fourth-order valence-electron chi connectivity index (χ4n) is 3.75. The number of amides is 1. The molecule has 0 saturated carbocycles. The van der Waals surface area contributed by atoms with E-state index in [0.717, 1.165) is 35.5 Å². The average Bonchev–Trinajstić information content (AvgIpc) is 3.27. The van der Waals surface area contributed by atoms with Crippen molar-refractivity contribution >= 4 is 17.1 Å². The van der Waals surface area contributed by atoms with Crippen molar-refractivity contribution in [2.75, 3.05) is 13.1 Å². The van der Waals surface area contributed by atoms with Gasteiger partial charge in [-0.3, -0.25) is 4.79 Å². The first-order valence-electron chi connectivity index (χ1n) is 9.04. The highest BCUT2D eigenvalue weighted by Gasteiger charge is 2.32. The molecule has 1 atom stereocenters. The highest BCUT2D eigenvalue weighted by atomic mass is 19.4. The molecular formula is C20H19F3N4O. The molecule has 0 spiro atoms. The first kappa shape index (κ1) is 18.5. The molecule has 1 saturated heterocycles. The predicted octanol–water partition coefficient (Wildman–Crippen LogP) is 3.55. The van der Waals surface area contributed by atoms with Gasteiger partial charge in [0.05, 0.1) is 12.0 Å². The van der Waals surface area contributed by atoms with Crippen LogP contribution in [0.1, 0.15) is 29.3 Å². The quantitative estimate of drug-likeness (QED) is 0.690. The molecule has 0 N–H and O–H groups in total. The number of aromatic nitrogens is 3. The second-order valence-corrected chi connectivity index (χ2v) is 7.08. The number of hydrogen-bond acceptors (Lipinski definition) is 3. The molecule has 0 bridgehead atoms. The summed E-state index contributed by atoms with van der Waals surface area (Å²) in [7, 11) is 1.91. The lowest BCUT2D eigenvalue weighted by Crippen LogP contribution is -2.30. The first-order valence-corrected chi connectivity index (χ1v) is 9.04. The smallest absolute Gasteiger partial charge is 0.342 e. The van der Waals surface area contributed by atoms with Crippen LogP contribution in [0.5, 0.6) is 0 Å². The molecule has 3 aromatic rings. The Morgan fingerprint density at radius 1 is 1.25 bits per heavy atom. The Labute approximate surface area is 159 Å². The van der Waals surface area contributed by atoms with E-state index in [4.69, 9.17) is 0 Å². The third-order valence-corrected chi connectivity index (χ3v) is 5.18. The predicted molar refractivity (Wildman–Crippen MR) is 97.6 cm³/mol. The monoisotopic (exact) mass is 388 g/mol. The lowest BCUT2D eigenvalue weighted by molar-refractivity contribution is -0.138. The molecule has 4 rings (SSSR count). The maximum Gasteiger partial charge on any atom is 0.416 e. The molecule has 0 radical (unpaired) electrons. The Hall–Kier alpha value is -2.90. The number of carbonyl (C=O) groups is 1. The number of likely N-dealkylation sites (tertiary alicyclic amines) is 1. The molecule has 8 heteroatoms. The van der Waals surface area contributed by atoms with Gasteiger partial charge >= 0.3 is 6.18 Å². The van der Waals surface area contributed by atoms with E-state index in [2.05, 4.69) is 9.97 Å². The number of pyridine rings is 1. The third kappa shape index (κ3) is 3.46. The molecule has 146 valence electrons. The van der Waals surface area contributed by atoms with E-state index < -0.39 is 11.7 Å². The van der Waals surface area contributed by atoms with Crippen molar-refractivity contribution in [3.63, 3.8) is 0 Å². The highest BCUT2D eigenvalue weighted by molar-refractivity contribution is 5.79. The lowest BCUT2D eigenvalue weighted by atomic mass is 10.1. The Kier molecular flexibility index (Phi) is 4.56. The summed E-state index contributed by atoms with van der Waals surface area (Å²) in [6.07, 6.45) is -1.97. The van der Waals surface area contributed by atoms with Gasteiger partial charge in [0, 0.05) is 32.3 Å². The number of carbonyl (C=O) groups excluding carboxylic acids is 1. The fraction of sp³-hybridized carbons (Fsp3) is 0.350. The molecule has 28 heavy (non-hydrogen) atoms. The maximum atomic E-state index is 12.9. The molecular weight excluding hydrogens is 369 g/mol. The van der Waals surface area contributed by atoms with Gasteiger partial charge < -0.3 is 9.47 Å². The van der Waals surface area contributed by atoms with Crippen molar-refractivity contribution in [3.8, 4) is 0 Å². The van der Waals surface area contributed by atoms with Crippen molar-refractivity contribution in [1.82, 2.24) is 19.4 Å². The Balaban J connectivity index is 1.47. The Morgan fingerprint density at radius 3 is 2.82 bits per heavy atom. The summed E-state index contributed by atoms with van der Waals surface area (Å²) in [6.45, 7) is 1.08. The van der Waals surface area contributed by atoms with E-state index in [0.29, 0.717) is 18.7 Å². The van der Waals surface area contributed by atoms with E-state index in [1.807, 2.05) is 23.7 Å². The van der Waals surface area contributed by atoms with Crippen LogP contribution in [0, 0.1) is 0 Å². The van der Waals surface area contributed by atoms with Crippen LogP contribution < -0.4 is 0 Å². The lowest BCUT2D eigenvalue weighted by Gasteiger charge is -2.17. The van der Waals surface area contributed by atoms with Crippen LogP contribution in [0.25, 0.3) is 11.2 Å². The van der Waals surface area contributed by atoms with Crippen molar-refractivity contribution in [2.45, 2.75) is 24.9 Å². The van der Waals surface area contributed by atoms with Gasteiger partial charge in [-0.1, -0.05) is 18.2 Å². The zero-order valence-corrected chi connectivity index (χ0v) is 15.3. The van der Waals surface area contributed by atoms with Gasteiger partial charge in [-0.15, -0.1) is 0 Å². The second-order valence-electron chi connectivity index (χ2n) is 7.08. The van der Waals surface area contributed by atoms with Crippen LogP contribution in [0.3, 0.4) is 0 Å². The van der Waals surface area contributed by atoms with E-state index >= 15 is 0 Å². The summed E-state index contributed by atoms with van der Waals surface area (Å²) in [5.74, 6) is 0.798. The largest absolute Gasteiger partial charge is 0.416 e. The number of imidazole rings is 1. The molecule has 1 amide bonds. The third-order valence-electron chi connectivity index (χ3n) is 5.18. The molecule has 2 aromatic heterocycles. The van der Waals surface area contributed by atoms with Gasteiger partial charge in [0.15, 0.2) is 5.65 Å². The molecule has 1 fully saturated rings. The normalized spacial score (nSPS) is 17.4. The van der Waals surface area contributed by atoms with Crippen LogP contribution in [-0.4, -0.2) is 38.4 Å². The molecule has 0 aliphatic carbocycles. The van der Waals surface area contributed by atoms with Gasteiger partial charge in [0.1, 0.15) is 11.3 Å². The summed E-state index contributed by atoms with van der Waals surface area (Å²) >= 11 is 0. The zero-order valence-electron chi connectivity index (χ0n) is 15.3. The zero-order chi connectivity index (χ0) is 19.9.